The van der Waals surface area contributed by atoms with E-state index in [4.69, 9.17) is 4.84 Å². The van der Waals surface area contributed by atoms with E-state index in [0.29, 0.717) is 13.0 Å². The molecule has 0 radical (unpaired) electrons. The van der Waals surface area contributed by atoms with Crippen molar-refractivity contribution in [1.82, 2.24) is 5.48 Å². The van der Waals surface area contributed by atoms with Gasteiger partial charge in [0.25, 0.3) is 0 Å². The van der Waals surface area contributed by atoms with E-state index in [1.165, 1.54) is 0 Å². The normalized spacial score (nSPS) is 13.5. The summed E-state index contributed by atoms with van der Waals surface area (Å²) in [7, 11) is 0. The summed E-state index contributed by atoms with van der Waals surface area (Å²) in [4.78, 5) is 5.26. The van der Waals surface area contributed by atoms with Gasteiger partial charge in [0.2, 0.25) is 0 Å². The van der Waals surface area contributed by atoms with Gasteiger partial charge in [0, 0.05) is 6.54 Å². The summed E-state index contributed by atoms with van der Waals surface area (Å²) < 4.78 is 0. The van der Waals surface area contributed by atoms with Gasteiger partial charge in [-0.05, 0) is 41.0 Å². The Morgan fingerprint density at radius 1 is 1.17 bits per heavy atom. The molecule has 0 rings (SSSR count). The minimum Gasteiger partial charge on any atom is -0.390 e. The molecule has 0 spiro atoms. The standard InChI is InChI=1S/C9H21NO2/c1-8(2,3)12-10-7-6-9(4,5)11/h10-11H,6-7H2,1-5H3. The maximum Gasteiger partial charge on any atom is 0.0812 e. The zero-order chi connectivity index (χ0) is 9.83. The van der Waals surface area contributed by atoms with Crippen molar-refractivity contribution in [3.63, 3.8) is 0 Å². The lowest BCUT2D eigenvalue weighted by molar-refractivity contribution is -0.0787. The highest BCUT2D eigenvalue weighted by Crippen LogP contribution is 2.07. The molecule has 2 N–H and O–H groups in total. The summed E-state index contributed by atoms with van der Waals surface area (Å²) in [6.07, 6.45) is 0.684. The minimum absolute atomic E-state index is 0.167. The van der Waals surface area contributed by atoms with Crippen molar-refractivity contribution in [2.45, 2.75) is 52.2 Å². The molecular weight excluding hydrogens is 154 g/mol. The van der Waals surface area contributed by atoms with Gasteiger partial charge in [-0.2, -0.15) is 0 Å². The summed E-state index contributed by atoms with van der Waals surface area (Å²) in [5.74, 6) is 0. The predicted octanol–water partition coefficient (Wildman–Crippen LogP) is 1.47. The Kier molecular flexibility index (Phi) is 4.17. The van der Waals surface area contributed by atoms with Crippen LogP contribution in [0, 0.1) is 0 Å². The van der Waals surface area contributed by atoms with E-state index in [1.54, 1.807) is 13.8 Å². The van der Waals surface area contributed by atoms with Gasteiger partial charge in [-0.3, -0.25) is 4.84 Å². The fourth-order valence-electron chi connectivity index (χ4n) is 0.624. The molecule has 0 atom stereocenters. The molecule has 0 aromatic carbocycles. The van der Waals surface area contributed by atoms with Crippen molar-refractivity contribution in [2.24, 2.45) is 0 Å². The maximum absolute atomic E-state index is 9.35. The number of hydrogen-bond donors (Lipinski definition) is 2. The maximum atomic E-state index is 9.35. The number of hydrogen-bond acceptors (Lipinski definition) is 3. The average Bonchev–Trinajstić information content (AvgIpc) is 1.76. The SMILES string of the molecule is CC(C)(O)CCNOC(C)(C)C. The second kappa shape index (κ2) is 4.21. The van der Waals surface area contributed by atoms with Crippen molar-refractivity contribution in [2.75, 3.05) is 6.54 Å². The van der Waals surface area contributed by atoms with Crippen LogP contribution in [-0.4, -0.2) is 22.9 Å². The van der Waals surface area contributed by atoms with Crippen molar-refractivity contribution in [1.29, 1.82) is 0 Å². The molecule has 0 heterocycles. The lowest BCUT2D eigenvalue weighted by atomic mass is 10.1. The zero-order valence-electron chi connectivity index (χ0n) is 8.77. The second-order valence-electron chi connectivity index (χ2n) is 4.67. The van der Waals surface area contributed by atoms with Gasteiger partial charge in [-0.25, -0.2) is 5.48 Å². The smallest absolute Gasteiger partial charge is 0.0812 e. The fraction of sp³-hybridized carbons (Fsp3) is 1.00. The van der Waals surface area contributed by atoms with Crippen molar-refractivity contribution in [3.05, 3.63) is 0 Å². The first-order valence-corrected chi connectivity index (χ1v) is 4.34. The Hall–Kier alpha value is -0.120. The lowest BCUT2D eigenvalue weighted by Gasteiger charge is -2.22. The van der Waals surface area contributed by atoms with Crippen LogP contribution in [0.1, 0.15) is 41.0 Å². The predicted molar refractivity (Wildman–Crippen MR) is 49.8 cm³/mol. The van der Waals surface area contributed by atoms with E-state index in [0.717, 1.165) is 0 Å². The molecule has 0 fully saturated rings. The van der Waals surface area contributed by atoms with Crippen molar-refractivity contribution < 1.29 is 9.94 Å². The first kappa shape index (κ1) is 11.9. The van der Waals surface area contributed by atoms with Crippen molar-refractivity contribution >= 4 is 0 Å². The molecule has 0 aliphatic carbocycles. The van der Waals surface area contributed by atoms with Gasteiger partial charge in [-0.15, -0.1) is 0 Å². The lowest BCUT2D eigenvalue weighted by Crippen LogP contribution is -2.33. The first-order chi connectivity index (χ1) is 5.21. The van der Waals surface area contributed by atoms with E-state index in [2.05, 4.69) is 5.48 Å². The Bertz CT molecular complexity index is 105. The number of hydroxylamine groups is 1. The summed E-state index contributed by atoms with van der Waals surface area (Å²) in [6.45, 7) is 10.2. The van der Waals surface area contributed by atoms with Crippen LogP contribution in [0.15, 0.2) is 0 Å². The molecule has 0 aliphatic rings. The Labute approximate surface area is 75.1 Å². The zero-order valence-corrected chi connectivity index (χ0v) is 8.77. The van der Waals surface area contributed by atoms with Crippen LogP contribution in [0.2, 0.25) is 0 Å². The monoisotopic (exact) mass is 175 g/mol. The van der Waals surface area contributed by atoms with Crippen LogP contribution >= 0.6 is 0 Å². The van der Waals surface area contributed by atoms with Gasteiger partial charge in [0.15, 0.2) is 0 Å². The third-order valence-electron chi connectivity index (χ3n) is 1.22. The molecule has 0 bridgehead atoms. The Balaban J connectivity index is 3.35. The summed E-state index contributed by atoms with van der Waals surface area (Å²) in [5.41, 5.74) is 2.04. The van der Waals surface area contributed by atoms with Crippen LogP contribution in [-0.2, 0) is 4.84 Å². The van der Waals surface area contributed by atoms with E-state index < -0.39 is 5.60 Å². The molecule has 0 saturated carbocycles. The molecule has 3 nitrogen and oxygen atoms in total. The average molecular weight is 175 g/mol. The van der Waals surface area contributed by atoms with Crippen LogP contribution in [0.25, 0.3) is 0 Å². The summed E-state index contributed by atoms with van der Waals surface area (Å²) in [6, 6.07) is 0. The molecule has 0 unspecified atom stereocenters. The minimum atomic E-state index is -0.617. The molecule has 0 saturated heterocycles. The van der Waals surface area contributed by atoms with E-state index in [-0.39, 0.29) is 5.60 Å². The highest BCUT2D eigenvalue weighted by atomic mass is 16.7. The summed E-state index contributed by atoms with van der Waals surface area (Å²) >= 11 is 0. The fourth-order valence-corrected chi connectivity index (χ4v) is 0.624. The molecule has 0 aliphatic heterocycles. The van der Waals surface area contributed by atoms with Gasteiger partial charge < -0.3 is 5.11 Å². The van der Waals surface area contributed by atoms with Gasteiger partial charge >= 0.3 is 0 Å². The Morgan fingerprint density at radius 3 is 2.00 bits per heavy atom. The van der Waals surface area contributed by atoms with E-state index in [9.17, 15) is 5.11 Å². The molecular formula is C9H21NO2. The number of nitrogens with one attached hydrogen (secondary N) is 1. The van der Waals surface area contributed by atoms with Crippen LogP contribution in [0.5, 0.6) is 0 Å². The van der Waals surface area contributed by atoms with Gasteiger partial charge in [-0.1, -0.05) is 0 Å². The first-order valence-electron chi connectivity index (χ1n) is 4.34. The number of rotatable bonds is 4. The molecule has 0 aromatic rings. The third-order valence-corrected chi connectivity index (χ3v) is 1.22. The molecule has 0 aromatic heterocycles. The quantitative estimate of drug-likeness (QED) is 0.502. The number of aliphatic hydroxyl groups is 1. The van der Waals surface area contributed by atoms with Crippen LogP contribution < -0.4 is 5.48 Å². The van der Waals surface area contributed by atoms with Gasteiger partial charge in [0.05, 0.1) is 11.2 Å². The van der Waals surface area contributed by atoms with Gasteiger partial charge in [0.1, 0.15) is 0 Å². The van der Waals surface area contributed by atoms with Crippen LogP contribution in [0.4, 0.5) is 0 Å². The topological polar surface area (TPSA) is 41.5 Å². The molecule has 74 valence electrons. The highest BCUT2D eigenvalue weighted by Gasteiger charge is 2.13. The Morgan fingerprint density at radius 2 is 1.67 bits per heavy atom. The molecule has 12 heavy (non-hydrogen) atoms. The molecule has 3 heteroatoms. The second-order valence-corrected chi connectivity index (χ2v) is 4.67. The van der Waals surface area contributed by atoms with E-state index >= 15 is 0 Å². The van der Waals surface area contributed by atoms with Crippen LogP contribution in [0.3, 0.4) is 0 Å². The van der Waals surface area contributed by atoms with E-state index in [1.807, 2.05) is 20.8 Å². The van der Waals surface area contributed by atoms with Crippen molar-refractivity contribution in [3.8, 4) is 0 Å². The third kappa shape index (κ3) is 9.88. The largest absolute Gasteiger partial charge is 0.390 e. The highest BCUT2D eigenvalue weighted by molar-refractivity contribution is 4.65. The molecule has 0 amide bonds. The summed E-state index contributed by atoms with van der Waals surface area (Å²) in [5, 5.41) is 9.35.